The van der Waals surface area contributed by atoms with Crippen LogP contribution in [-0.2, 0) is 20.0 Å². The van der Waals surface area contributed by atoms with Crippen molar-refractivity contribution < 1.29 is 4.74 Å². The van der Waals surface area contributed by atoms with E-state index in [4.69, 9.17) is 4.74 Å². The first-order valence-electron chi connectivity index (χ1n) is 7.03. The topological polar surface area (TPSA) is 39.1 Å². The Morgan fingerprint density at radius 1 is 1.30 bits per heavy atom. The Labute approximate surface area is 120 Å². The van der Waals surface area contributed by atoms with Gasteiger partial charge in [-0.2, -0.15) is 5.10 Å². The summed E-state index contributed by atoms with van der Waals surface area (Å²) in [6, 6.07) is 10.6. The molecule has 0 bridgehead atoms. The number of ether oxygens (including phenoxy) is 1. The van der Waals surface area contributed by atoms with E-state index in [0.717, 1.165) is 24.4 Å². The largest absolute Gasteiger partial charge is 0.497 e. The minimum Gasteiger partial charge on any atom is -0.497 e. The summed E-state index contributed by atoms with van der Waals surface area (Å²) in [6.45, 7) is 5.11. The van der Waals surface area contributed by atoms with E-state index in [2.05, 4.69) is 42.5 Å². The molecule has 0 spiro atoms. The van der Waals surface area contributed by atoms with Crippen LogP contribution in [0.15, 0.2) is 30.3 Å². The fourth-order valence-electron chi connectivity index (χ4n) is 2.18. The van der Waals surface area contributed by atoms with Crippen molar-refractivity contribution in [3.8, 4) is 5.75 Å². The van der Waals surface area contributed by atoms with Gasteiger partial charge in [0.2, 0.25) is 0 Å². The maximum atomic E-state index is 5.18. The third kappa shape index (κ3) is 3.39. The minimum atomic E-state index is 0.292. The molecule has 4 heteroatoms. The molecule has 0 saturated carbocycles. The van der Waals surface area contributed by atoms with Crippen molar-refractivity contribution in [2.24, 2.45) is 7.05 Å². The Balaban J connectivity index is 1.96. The second-order valence-corrected chi connectivity index (χ2v) is 4.98. The molecule has 1 atom stereocenters. The summed E-state index contributed by atoms with van der Waals surface area (Å²) in [5.74, 6) is 0.889. The molecule has 0 amide bonds. The number of hydrogen-bond donors (Lipinski definition) is 1. The van der Waals surface area contributed by atoms with Crippen LogP contribution in [0.5, 0.6) is 5.75 Å². The number of methoxy groups -OCH3 is 1. The molecule has 0 unspecified atom stereocenters. The summed E-state index contributed by atoms with van der Waals surface area (Å²) in [5.41, 5.74) is 3.60. The van der Waals surface area contributed by atoms with Crippen LogP contribution >= 0.6 is 0 Å². The number of aromatic nitrogens is 2. The van der Waals surface area contributed by atoms with E-state index in [9.17, 15) is 0 Å². The van der Waals surface area contributed by atoms with Crippen molar-refractivity contribution in [3.63, 3.8) is 0 Å². The molecule has 4 nitrogen and oxygen atoms in total. The first-order valence-corrected chi connectivity index (χ1v) is 7.03. The molecular weight excluding hydrogens is 250 g/mol. The Bertz CT molecular complexity index is 545. The van der Waals surface area contributed by atoms with Gasteiger partial charge in [0.15, 0.2) is 0 Å². The van der Waals surface area contributed by atoms with Gasteiger partial charge in [-0.15, -0.1) is 0 Å². The lowest BCUT2D eigenvalue weighted by atomic mass is 10.1. The predicted octanol–water partition coefficient (Wildman–Crippen LogP) is 2.84. The third-order valence-corrected chi connectivity index (χ3v) is 3.59. The number of aryl methyl sites for hydroxylation is 2. The standard InChI is InChI=1S/C16H23N3O/c1-5-14-10-15(19(3)18-14)11-17-12(2)13-6-8-16(20-4)9-7-13/h6-10,12,17H,5,11H2,1-4H3/t12-/m1/s1. The smallest absolute Gasteiger partial charge is 0.118 e. The molecule has 1 heterocycles. The van der Waals surface area contributed by atoms with E-state index in [1.807, 2.05) is 23.9 Å². The van der Waals surface area contributed by atoms with Gasteiger partial charge in [-0.25, -0.2) is 0 Å². The van der Waals surface area contributed by atoms with E-state index >= 15 is 0 Å². The van der Waals surface area contributed by atoms with E-state index < -0.39 is 0 Å². The molecule has 0 fully saturated rings. The Morgan fingerprint density at radius 2 is 2.00 bits per heavy atom. The SMILES string of the molecule is CCc1cc(CN[C@H](C)c2ccc(OC)cc2)n(C)n1. The monoisotopic (exact) mass is 273 g/mol. The molecule has 0 radical (unpaired) electrons. The summed E-state index contributed by atoms with van der Waals surface area (Å²) in [7, 11) is 3.68. The summed E-state index contributed by atoms with van der Waals surface area (Å²) < 4.78 is 7.13. The van der Waals surface area contributed by atoms with E-state index in [0.29, 0.717) is 6.04 Å². The zero-order valence-electron chi connectivity index (χ0n) is 12.7. The maximum absolute atomic E-state index is 5.18. The molecule has 0 aliphatic carbocycles. The van der Waals surface area contributed by atoms with Crippen LogP contribution in [0, 0.1) is 0 Å². The zero-order chi connectivity index (χ0) is 14.5. The Morgan fingerprint density at radius 3 is 2.55 bits per heavy atom. The van der Waals surface area contributed by atoms with Crippen molar-refractivity contribution in [2.45, 2.75) is 32.9 Å². The molecule has 0 aliphatic rings. The molecule has 1 N–H and O–H groups in total. The van der Waals surface area contributed by atoms with E-state index in [1.165, 1.54) is 11.3 Å². The van der Waals surface area contributed by atoms with Crippen molar-refractivity contribution in [3.05, 3.63) is 47.3 Å². The van der Waals surface area contributed by atoms with Gasteiger partial charge in [0.05, 0.1) is 18.5 Å². The molecule has 2 rings (SSSR count). The van der Waals surface area contributed by atoms with Gasteiger partial charge in [-0.3, -0.25) is 4.68 Å². The van der Waals surface area contributed by atoms with Crippen LogP contribution in [0.4, 0.5) is 0 Å². The van der Waals surface area contributed by atoms with Gasteiger partial charge >= 0.3 is 0 Å². The highest BCUT2D eigenvalue weighted by Gasteiger charge is 2.08. The molecule has 0 aliphatic heterocycles. The van der Waals surface area contributed by atoms with Gasteiger partial charge in [-0.05, 0) is 37.1 Å². The van der Waals surface area contributed by atoms with Gasteiger partial charge in [0, 0.05) is 19.6 Å². The molecule has 1 aromatic heterocycles. The van der Waals surface area contributed by atoms with Crippen molar-refractivity contribution in [2.75, 3.05) is 7.11 Å². The van der Waals surface area contributed by atoms with Crippen molar-refractivity contribution >= 4 is 0 Å². The highest BCUT2D eigenvalue weighted by molar-refractivity contribution is 5.28. The van der Waals surface area contributed by atoms with E-state index in [1.54, 1.807) is 7.11 Å². The fourth-order valence-corrected chi connectivity index (χ4v) is 2.18. The Kier molecular flexibility index (Phi) is 4.79. The minimum absolute atomic E-state index is 0.292. The fraction of sp³-hybridized carbons (Fsp3) is 0.438. The quantitative estimate of drug-likeness (QED) is 0.879. The first kappa shape index (κ1) is 14.6. The lowest BCUT2D eigenvalue weighted by Crippen LogP contribution is -2.19. The average molecular weight is 273 g/mol. The van der Waals surface area contributed by atoms with Crippen LogP contribution in [0.25, 0.3) is 0 Å². The normalized spacial score (nSPS) is 12.4. The Hall–Kier alpha value is -1.81. The van der Waals surface area contributed by atoms with E-state index in [-0.39, 0.29) is 0 Å². The number of nitrogens with one attached hydrogen (secondary N) is 1. The molecular formula is C16H23N3O. The first-order chi connectivity index (χ1) is 9.63. The van der Waals surface area contributed by atoms with Crippen LogP contribution in [0.1, 0.15) is 36.8 Å². The molecule has 1 aromatic carbocycles. The van der Waals surface area contributed by atoms with Crippen LogP contribution in [0.3, 0.4) is 0 Å². The molecule has 20 heavy (non-hydrogen) atoms. The van der Waals surface area contributed by atoms with Gasteiger partial charge < -0.3 is 10.1 Å². The average Bonchev–Trinajstić information content (AvgIpc) is 2.85. The maximum Gasteiger partial charge on any atom is 0.118 e. The van der Waals surface area contributed by atoms with Gasteiger partial charge in [0.1, 0.15) is 5.75 Å². The van der Waals surface area contributed by atoms with Crippen molar-refractivity contribution in [1.82, 2.24) is 15.1 Å². The summed E-state index contributed by atoms with van der Waals surface area (Å²) >= 11 is 0. The van der Waals surface area contributed by atoms with Crippen LogP contribution < -0.4 is 10.1 Å². The lowest BCUT2D eigenvalue weighted by molar-refractivity contribution is 0.414. The zero-order valence-corrected chi connectivity index (χ0v) is 12.7. The molecule has 2 aromatic rings. The van der Waals surface area contributed by atoms with Crippen LogP contribution in [0.2, 0.25) is 0 Å². The summed E-state index contributed by atoms with van der Waals surface area (Å²) in [6.07, 6.45) is 0.974. The third-order valence-electron chi connectivity index (χ3n) is 3.59. The molecule has 108 valence electrons. The number of nitrogens with zero attached hydrogens (tertiary/aromatic N) is 2. The highest BCUT2D eigenvalue weighted by Crippen LogP contribution is 2.17. The summed E-state index contributed by atoms with van der Waals surface area (Å²) in [4.78, 5) is 0. The van der Waals surface area contributed by atoms with Crippen molar-refractivity contribution in [1.29, 1.82) is 0 Å². The highest BCUT2D eigenvalue weighted by atomic mass is 16.5. The number of rotatable bonds is 6. The molecule has 0 saturated heterocycles. The van der Waals surface area contributed by atoms with Gasteiger partial charge in [0.25, 0.3) is 0 Å². The second-order valence-electron chi connectivity index (χ2n) is 4.98. The second kappa shape index (κ2) is 6.57. The lowest BCUT2D eigenvalue weighted by Gasteiger charge is -2.14. The van der Waals surface area contributed by atoms with Crippen LogP contribution in [-0.4, -0.2) is 16.9 Å². The summed E-state index contributed by atoms with van der Waals surface area (Å²) in [5, 5.41) is 7.99. The number of hydrogen-bond acceptors (Lipinski definition) is 3. The number of benzene rings is 1. The van der Waals surface area contributed by atoms with Gasteiger partial charge in [-0.1, -0.05) is 19.1 Å². The predicted molar refractivity (Wildman–Crippen MR) is 80.8 cm³/mol.